The van der Waals surface area contributed by atoms with E-state index in [2.05, 4.69) is 10.4 Å². The molecule has 0 unspecified atom stereocenters. The largest absolute Gasteiger partial charge is 0.354 e. The molecule has 4 rings (SSSR count). The number of aromatic nitrogens is 2. The number of nitrogens with zero attached hydrogens (tertiary/aromatic N) is 3. The molecule has 1 N–H and O–H groups in total. The number of rotatable bonds is 2. The molecule has 1 aliphatic heterocycles. The van der Waals surface area contributed by atoms with Gasteiger partial charge in [0.1, 0.15) is 0 Å². The van der Waals surface area contributed by atoms with Crippen molar-refractivity contribution in [3.8, 4) is 5.69 Å². The minimum atomic E-state index is -0.219. The summed E-state index contributed by atoms with van der Waals surface area (Å²) in [5.74, 6) is -0.219. The van der Waals surface area contributed by atoms with E-state index in [4.69, 9.17) is 16.6 Å². The maximum absolute atomic E-state index is 11.9. The number of fused-ring (bicyclic) bond motifs is 3. The van der Waals surface area contributed by atoms with E-state index < -0.39 is 0 Å². The summed E-state index contributed by atoms with van der Waals surface area (Å²) in [4.78, 5) is 16.7. The molecule has 0 spiro atoms. The molecule has 25 heavy (non-hydrogen) atoms. The van der Waals surface area contributed by atoms with Gasteiger partial charge in [-0.05, 0) is 24.3 Å². The molecule has 0 saturated carbocycles. The van der Waals surface area contributed by atoms with Crippen LogP contribution in [0.4, 0.5) is 0 Å². The van der Waals surface area contributed by atoms with Gasteiger partial charge >= 0.3 is 0 Å². The van der Waals surface area contributed by atoms with Crippen molar-refractivity contribution in [1.29, 1.82) is 0 Å². The van der Waals surface area contributed by atoms with Crippen molar-refractivity contribution in [3.63, 3.8) is 0 Å². The van der Waals surface area contributed by atoms with Crippen molar-refractivity contribution >= 4 is 23.2 Å². The first-order chi connectivity index (χ1) is 12.2. The molecule has 124 valence electrons. The highest BCUT2D eigenvalue weighted by Gasteiger charge is 2.22. The SMILES string of the molecule is CNC(=O)c1cc2n(n1)-c1ccc(Cl)cc1C(c1ccccc1)=NC2. The monoisotopic (exact) mass is 350 g/mol. The van der Waals surface area contributed by atoms with Gasteiger partial charge in [0.2, 0.25) is 0 Å². The van der Waals surface area contributed by atoms with Gasteiger partial charge in [-0.2, -0.15) is 5.10 Å². The normalized spacial score (nSPS) is 12.6. The first-order valence-corrected chi connectivity index (χ1v) is 8.26. The average molecular weight is 351 g/mol. The maximum Gasteiger partial charge on any atom is 0.271 e. The van der Waals surface area contributed by atoms with Gasteiger partial charge in [-0.1, -0.05) is 41.9 Å². The predicted molar refractivity (Wildman–Crippen MR) is 97.7 cm³/mol. The number of hydrogen-bond donors (Lipinski definition) is 1. The molecule has 0 radical (unpaired) electrons. The van der Waals surface area contributed by atoms with Crippen LogP contribution in [0.5, 0.6) is 0 Å². The molecular formula is C19H15ClN4O. The second-order valence-corrected chi connectivity index (χ2v) is 6.14. The van der Waals surface area contributed by atoms with Gasteiger partial charge in [-0.3, -0.25) is 9.79 Å². The highest BCUT2D eigenvalue weighted by molar-refractivity contribution is 6.31. The van der Waals surface area contributed by atoms with Gasteiger partial charge in [0.15, 0.2) is 5.69 Å². The van der Waals surface area contributed by atoms with Gasteiger partial charge in [-0.15, -0.1) is 0 Å². The van der Waals surface area contributed by atoms with Gasteiger partial charge in [0.25, 0.3) is 5.91 Å². The molecule has 0 fully saturated rings. The summed E-state index contributed by atoms with van der Waals surface area (Å²) in [5, 5.41) is 7.70. The fourth-order valence-corrected chi connectivity index (χ4v) is 3.12. The minimum absolute atomic E-state index is 0.219. The van der Waals surface area contributed by atoms with Crippen LogP contribution in [0.2, 0.25) is 5.02 Å². The molecule has 3 aromatic rings. The third kappa shape index (κ3) is 2.72. The first kappa shape index (κ1) is 15.6. The minimum Gasteiger partial charge on any atom is -0.354 e. The number of hydrogen-bond acceptors (Lipinski definition) is 3. The Balaban J connectivity index is 1.93. The fraction of sp³-hybridized carbons (Fsp3) is 0.105. The third-order valence-corrected chi connectivity index (χ3v) is 4.37. The van der Waals surface area contributed by atoms with Crippen LogP contribution in [0.25, 0.3) is 5.69 Å². The van der Waals surface area contributed by atoms with Crippen LogP contribution in [0.15, 0.2) is 59.6 Å². The standard InChI is InChI=1S/C19H15ClN4O/c1-21-19(25)16-10-14-11-22-18(12-5-3-2-4-6-12)15-9-13(20)7-8-17(15)24(14)23-16/h2-10H,11H2,1H3,(H,21,25). The third-order valence-electron chi connectivity index (χ3n) is 4.13. The molecule has 5 nitrogen and oxygen atoms in total. The smallest absolute Gasteiger partial charge is 0.271 e. The zero-order valence-corrected chi connectivity index (χ0v) is 14.3. The molecule has 1 aliphatic rings. The van der Waals surface area contributed by atoms with Crippen LogP contribution in [0.1, 0.15) is 27.3 Å². The molecule has 1 amide bonds. The van der Waals surface area contributed by atoms with Crippen molar-refractivity contribution < 1.29 is 4.79 Å². The van der Waals surface area contributed by atoms with E-state index in [1.165, 1.54) is 0 Å². The lowest BCUT2D eigenvalue weighted by Crippen LogP contribution is -2.18. The highest BCUT2D eigenvalue weighted by Crippen LogP contribution is 2.27. The van der Waals surface area contributed by atoms with Crippen molar-refractivity contribution in [2.24, 2.45) is 4.99 Å². The summed E-state index contributed by atoms with van der Waals surface area (Å²) < 4.78 is 1.77. The number of halogens is 1. The number of benzene rings is 2. The summed E-state index contributed by atoms with van der Waals surface area (Å²) in [6, 6.07) is 17.4. The Bertz CT molecular complexity index is 992. The van der Waals surface area contributed by atoms with Gasteiger partial charge in [-0.25, -0.2) is 4.68 Å². The van der Waals surface area contributed by atoms with E-state index in [1.54, 1.807) is 17.8 Å². The van der Waals surface area contributed by atoms with Gasteiger partial charge in [0, 0.05) is 23.2 Å². The number of amides is 1. The maximum atomic E-state index is 11.9. The molecule has 6 heteroatoms. The summed E-state index contributed by atoms with van der Waals surface area (Å²) in [7, 11) is 1.59. The summed E-state index contributed by atoms with van der Waals surface area (Å²) in [6.45, 7) is 0.431. The average Bonchev–Trinajstić information content (AvgIpc) is 3.00. The lowest BCUT2D eigenvalue weighted by Gasteiger charge is -2.11. The number of carbonyl (C=O) groups excluding carboxylic acids is 1. The Labute approximate surface area is 150 Å². The molecule has 0 bridgehead atoms. The Morgan fingerprint density at radius 2 is 1.96 bits per heavy atom. The Morgan fingerprint density at radius 1 is 1.16 bits per heavy atom. The van der Waals surface area contributed by atoms with Crippen LogP contribution in [-0.4, -0.2) is 28.4 Å². The van der Waals surface area contributed by atoms with Crippen molar-refractivity contribution in [2.45, 2.75) is 6.54 Å². The molecule has 0 atom stereocenters. The molecule has 2 heterocycles. The van der Waals surface area contributed by atoms with Crippen LogP contribution in [-0.2, 0) is 6.54 Å². The zero-order valence-electron chi connectivity index (χ0n) is 13.5. The van der Waals surface area contributed by atoms with E-state index >= 15 is 0 Å². The molecular weight excluding hydrogens is 336 g/mol. The Hall–Kier alpha value is -2.92. The first-order valence-electron chi connectivity index (χ1n) is 7.88. The Morgan fingerprint density at radius 3 is 2.72 bits per heavy atom. The topological polar surface area (TPSA) is 59.3 Å². The summed E-state index contributed by atoms with van der Waals surface area (Å²) in [6.07, 6.45) is 0. The lowest BCUT2D eigenvalue weighted by atomic mass is 10.0. The quantitative estimate of drug-likeness (QED) is 0.771. The van der Waals surface area contributed by atoms with E-state index in [9.17, 15) is 4.79 Å². The van der Waals surface area contributed by atoms with E-state index in [-0.39, 0.29) is 5.91 Å². The lowest BCUT2D eigenvalue weighted by molar-refractivity contribution is 0.0957. The van der Waals surface area contributed by atoms with Crippen LogP contribution in [0, 0.1) is 0 Å². The molecule has 1 aromatic heterocycles. The van der Waals surface area contributed by atoms with Crippen LogP contribution < -0.4 is 5.32 Å². The fourth-order valence-electron chi connectivity index (χ4n) is 2.95. The predicted octanol–water partition coefficient (Wildman–Crippen LogP) is 3.24. The number of nitrogens with one attached hydrogen (secondary N) is 1. The summed E-state index contributed by atoms with van der Waals surface area (Å²) >= 11 is 6.24. The zero-order chi connectivity index (χ0) is 17.4. The van der Waals surface area contributed by atoms with Gasteiger partial charge in [0.05, 0.1) is 23.6 Å². The highest BCUT2D eigenvalue weighted by atomic mass is 35.5. The number of carbonyl (C=O) groups is 1. The second-order valence-electron chi connectivity index (χ2n) is 5.70. The van der Waals surface area contributed by atoms with E-state index in [1.807, 2.05) is 48.5 Å². The number of aliphatic imine (C=N–C) groups is 1. The van der Waals surface area contributed by atoms with E-state index in [0.29, 0.717) is 17.3 Å². The Kier molecular flexibility index (Phi) is 3.86. The van der Waals surface area contributed by atoms with Crippen LogP contribution >= 0.6 is 11.6 Å². The van der Waals surface area contributed by atoms with Crippen molar-refractivity contribution in [1.82, 2.24) is 15.1 Å². The molecule has 0 saturated heterocycles. The van der Waals surface area contributed by atoms with Crippen molar-refractivity contribution in [3.05, 3.63) is 82.1 Å². The second kappa shape index (κ2) is 6.18. The summed E-state index contributed by atoms with van der Waals surface area (Å²) in [5.41, 5.74) is 4.86. The molecule has 0 aliphatic carbocycles. The van der Waals surface area contributed by atoms with E-state index in [0.717, 1.165) is 28.2 Å². The van der Waals surface area contributed by atoms with Crippen molar-refractivity contribution in [2.75, 3.05) is 7.05 Å². The van der Waals surface area contributed by atoms with Crippen LogP contribution in [0.3, 0.4) is 0 Å². The molecule has 2 aromatic carbocycles. The van der Waals surface area contributed by atoms with Gasteiger partial charge < -0.3 is 5.32 Å².